The van der Waals surface area contributed by atoms with Crippen LogP contribution in [0.15, 0.2) is 68.7 Å². The molecule has 0 fully saturated rings. The van der Waals surface area contributed by atoms with Gasteiger partial charge in [-0.2, -0.15) is 0 Å². The number of carbonyl (C=O) groups excluding carboxylic acids is 1. The third-order valence-electron chi connectivity index (χ3n) is 3.48. The van der Waals surface area contributed by atoms with E-state index < -0.39 is 21.6 Å². The van der Waals surface area contributed by atoms with Gasteiger partial charge in [0.25, 0.3) is 15.9 Å². The Morgan fingerprint density at radius 1 is 1.04 bits per heavy atom. The van der Waals surface area contributed by atoms with Crippen LogP contribution in [0, 0.1) is 6.92 Å². The second-order valence-electron chi connectivity index (χ2n) is 5.36. The predicted octanol–water partition coefficient (Wildman–Crippen LogP) is 1.72. The predicted molar refractivity (Wildman–Crippen MR) is 91.5 cm³/mol. The molecule has 3 aromatic rings. The van der Waals surface area contributed by atoms with E-state index in [1.165, 1.54) is 18.2 Å². The summed E-state index contributed by atoms with van der Waals surface area (Å²) in [6.45, 7) is 1.75. The van der Waals surface area contributed by atoms with Gasteiger partial charge in [-0.25, -0.2) is 13.2 Å². The molecule has 0 aliphatic carbocycles. The largest absolute Gasteiger partial charge is 0.422 e. The molecular weight excluding hydrogens is 344 g/mol. The summed E-state index contributed by atoms with van der Waals surface area (Å²) in [7, 11) is -3.96. The van der Waals surface area contributed by atoms with Crippen LogP contribution in [0.3, 0.4) is 0 Å². The molecular formula is C17H14N2O5S. The zero-order chi connectivity index (χ0) is 18.0. The van der Waals surface area contributed by atoms with Gasteiger partial charge in [-0.05, 0) is 36.8 Å². The SMILES string of the molecule is Cc1cccc(S(=O)(=O)NNC(=O)c2cc3ccccc3oc2=O)c1. The van der Waals surface area contributed by atoms with Crippen molar-refractivity contribution in [2.45, 2.75) is 11.8 Å². The Balaban J connectivity index is 1.83. The summed E-state index contributed by atoms with van der Waals surface area (Å²) < 4.78 is 29.4. The Kier molecular flexibility index (Phi) is 4.39. The molecule has 0 saturated carbocycles. The second-order valence-corrected chi connectivity index (χ2v) is 7.04. The van der Waals surface area contributed by atoms with Crippen molar-refractivity contribution in [1.82, 2.24) is 10.3 Å². The number of benzene rings is 2. The molecule has 0 aliphatic rings. The van der Waals surface area contributed by atoms with Crippen molar-refractivity contribution in [2.24, 2.45) is 0 Å². The zero-order valence-corrected chi connectivity index (χ0v) is 14.0. The normalized spacial score (nSPS) is 11.4. The van der Waals surface area contributed by atoms with Crippen molar-refractivity contribution in [1.29, 1.82) is 0 Å². The molecule has 0 atom stereocenters. The fourth-order valence-corrected chi connectivity index (χ4v) is 3.19. The average Bonchev–Trinajstić information content (AvgIpc) is 2.59. The van der Waals surface area contributed by atoms with Gasteiger partial charge in [0.05, 0.1) is 4.90 Å². The Morgan fingerprint density at radius 3 is 2.56 bits per heavy atom. The van der Waals surface area contributed by atoms with Gasteiger partial charge < -0.3 is 4.42 Å². The number of amides is 1. The standard InChI is InChI=1S/C17H14N2O5S/c1-11-5-4-7-13(9-11)25(22,23)19-18-16(20)14-10-12-6-2-3-8-15(12)24-17(14)21/h2-10,19H,1H3,(H,18,20). The quantitative estimate of drug-likeness (QED) is 0.546. The smallest absolute Gasteiger partial charge is 0.349 e. The number of para-hydroxylation sites is 1. The van der Waals surface area contributed by atoms with Gasteiger partial charge in [-0.3, -0.25) is 10.2 Å². The number of rotatable bonds is 4. The first-order valence-corrected chi connectivity index (χ1v) is 8.77. The van der Waals surface area contributed by atoms with Gasteiger partial charge in [0.15, 0.2) is 0 Å². The van der Waals surface area contributed by atoms with Crippen LogP contribution in [0.1, 0.15) is 15.9 Å². The van der Waals surface area contributed by atoms with E-state index in [0.29, 0.717) is 11.0 Å². The Bertz CT molecular complexity index is 1120. The van der Waals surface area contributed by atoms with Crippen LogP contribution in [0.5, 0.6) is 0 Å². The van der Waals surface area contributed by atoms with Crippen molar-refractivity contribution in [3.05, 3.63) is 76.1 Å². The number of carbonyl (C=O) groups is 1. The van der Waals surface area contributed by atoms with E-state index in [2.05, 4.69) is 0 Å². The van der Waals surface area contributed by atoms with Crippen LogP contribution < -0.4 is 15.9 Å². The van der Waals surface area contributed by atoms with Crippen molar-refractivity contribution in [2.75, 3.05) is 0 Å². The molecule has 1 amide bonds. The molecule has 2 aromatic carbocycles. The van der Waals surface area contributed by atoms with Gasteiger partial charge >= 0.3 is 5.63 Å². The van der Waals surface area contributed by atoms with Crippen LogP contribution in [-0.4, -0.2) is 14.3 Å². The maximum atomic E-state index is 12.2. The average molecular weight is 358 g/mol. The summed E-state index contributed by atoms with van der Waals surface area (Å²) in [6, 6.07) is 14.2. The lowest BCUT2D eigenvalue weighted by molar-refractivity contribution is 0.0941. The van der Waals surface area contributed by atoms with E-state index in [9.17, 15) is 18.0 Å². The van der Waals surface area contributed by atoms with Crippen molar-refractivity contribution in [3.63, 3.8) is 0 Å². The number of hydrogen-bond acceptors (Lipinski definition) is 5. The van der Waals surface area contributed by atoms with E-state index in [-0.39, 0.29) is 10.5 Å². The third-order valence-corrected chi connectivity index (χ3v) is 4.73. The summed E-state index contributed by atoms with van der Waals surface area (Å²) in [5, 5.41) is 0.550. The summed E-state index contributed by atoms with van der Waals surface area (Å²) >= 11 is 0. The monoisotopic (exact) mass is 358 g/mol. The number of hydrogen-bond donors (Lipinski definition) is 2. The highest BCUT2D eigenvalue weighted by molar-refractivity contribution is 7.89. The first-order chi connectivity index (χ1) is 11.9. The number of aryl methyl sites for hydroxylation is 1. The van der Waals surface area contributed by atoms with E-state index in [1.54, 1.807) is 43.3 Å². The number of sulfonamides is 1. The number of hydrazine groups is 1. The fraction of sp³-hybridized carbons (Fsp3) is 0.0588. The van der Waals surface area contributed by atoms with Crippen molar-refractivity contribution >= 4 is 26.9 Å². The molecule has 1 heterocycles. The molecule has 0 saturated heterocycles. The molecule has 0 bridgehead atoms. The molecule has 0 radical (unpaired) electrons. The molecule has 2 N–H and O–H groups in total. The van der Waals surface area contributed by atoms with Crippen molar-refractivity contribution in [3.8, 4) is 0 Å². The van der Waals surface area contributed by atoms with Crippen LogP contribution in [0.2, 0.25) is 0 Å². The minimum atomic E-state index is -3.96. The molecule has 128 valence electrons. The minimum Gasteiger partial charge on any atom is -0.422 e. The van der Waals surface area contributed by atoms with Crippen LogP contribution >= 0.6 is 0 Å². The zero-order valence-electron chi connectivity index (χ0n) is 13.1. The molecule has 8 heteroatoms. The number of nitrogens with one attached hydrogen (secondary N) is 2. The van der Waals surface area contributed by atoms with Gasteiger partial charge in [0.1, 0.15) is 11.1 Å². The molecule has 3 rings (SSSR count). The van der Waals surface area contributed by atoms with Crippen molar-refractivity contribution < 1.29 is 17.6 Å². The molecule has 0 unspecified atom stereocenters. The highest BCUT2D eigenvalue weighted by Gasteiger charge is 2.18. The maximum Gasteiger partial charge on any atom is 0.349 e. The number of fused-ring (bicyclic) bond motifs is 1. The lowest BCUT2D eigenvalue weighted by Crippen LogP contribution is -2.43. The Morgan fingerprint density at radius 2 is 1.80 bits per heavy atom. The Labute approximate surface area is 143 Å². The molecule has 7 nitrogen and oxygen atoms in total. The third kappa shape index (κ3) is 3.59. The van der Waals surface area contributed by atoms with Gasteiger partial charge in [0.2, 0.25) is 0 Å². The first kappa shape index (κ1) is 16.9. The maximum absolute atomic E-state index is 12.2. The topological polar surface area (TPSA) is 105 Å². The summed E-state index contributed by atoms with van der Waals surface area (Å²) in [6.07, 6.45) is 0. The lowest BCUT2D eigenvalue weighted by atomic mass is 10.2. The van der Waals surface area contributed by atoms with Gasteiger partial charge in [0, 0.05) is 5.39 Å². The molecule has 25 heavy (non-hydrogen) atoms. The van der Waals surface area contributed by atoms with Crippen LogP contribution in [0.25, 0.3) is 11.0 Å². The van der Waals surface area contributed by atoms with E-state index in [1.807, 2.05) is 10.3 Å². The van der Waals surface area contributed by atoms with Gasteiger partial charge in [-0.1, -0.05) is 30.3 Å². The van der Waals surface area contributed by atoms with Gasteiger partial charge in [-0.15, -0.1) is 4.83 Å². The molecule has 0 spiro atoms. The highest BCUT2D eigenvalue weighted by atomic mass is 32.2. The van der Waals surface area contributed by atoms with Crippen LogP contribution in [0.4, 0.5) is 0 Å². The summed E-state index contributed by atoms with van der Waals surface area (Å²) in [4.78, 5) is 26.0. The summed E-state index contributed by atoms with van der Waals surface area (Å²) in [5.41, 5.74) is 1.96. The molecule has 0 aliphatic heterocycles. The second kappa shape index (κ2) is 6.50. The minimum absolute atomic E-state index is 0.00153. The highest BCUT2D eigenvalue weighted by Crippen LogP contribution is 2.13. The van der Waals surface area contributed by atoms with E-state index in [4.69, 9.17) is 4.42 Å². The van der Waals surface area contributed by atoms with Crippen LogP contribution in [-0.2, 0) is 10.0 Å². The molecule has 1 aromatic heterocycles. The van der Waals surface area contributed by atoms with E-state index in [0.717, 1.165) is 5.56 Å². The Hall–Kier alpha value is -2.97. The fourth-order valence-electron chi connectivity index (χ4n) is 2.24. The first-order valence-electron chi connectivity index (χ1n) is 7.28. The van der Waals surface area contributed by atoms with E-state index >= 15 is 0 Å². The lowest BCUT2D eigenvalue weighted by Gasteiger charge is -2.08. The summed E-state index contributed by atoms with van der Waals surface area (Å²) in [5.74, 6) is -0.907.